The standard InChI is InChI=1S/C13H24N2O3/c1-9(11(16)17)5-7-14-12(18)15-10-4-6-13(2,3)8-10/h9-10H,4-8H2,1-3H3,(H,16,17)(H2,14,15,18). The molecule has 0 saturated heterocycles. The Kier molecular flexibility index (Phi) is 4.99. The van der Waals surface area contributed by atoms with E-state index in [-0.39, 0.29) is 12.1 Å². The quantitative estimate of drug-likeness (QED) is 0.703. The Hall–Kier alpha value is -1.26. The Morgan fingerprint density at radius 1 is 1.44 bits per heavy atom. The average Bonchev–Trinajstić information content (AvgIpc) is 2.57. The molecule has 5 heteroatoms. The van der Waals surface area contributed by atoms with E-state index < -0.39 is 11.9 Å². The van der Waals surface area contributed by atoms with Gasteiger partial charge in [-0.15, -0.1) is 0 Å². The fourth-order valence-corrected chi connectivity index (χ4v) is 2.32. The van der Waals surface area contributed by atoms with Gasteiger partial charge in [0.1, 0.15) is 0 Å². The molecule has 0 aromatic carbocycles. The Bertz CT molecular complexity index is 315. The van der Waals surface area contributed by atoms with E-state index in [1.807, 2.05) is 0 Å². The van der Waals surface area contributed by atoms with Crippen molar-refractivity contribution in [2.45, 2.75) is 52.5 Å². The first-order chi connectivity index (χ1) is 8.30. The minimum absolute atomic E-state index is 0.185. The first-order valence-electron chi connectivity index (χ1n) is 6.57. The molecule has 0 bridgehead atoms. The first kappa shape index (κ1) is 14.8. The fourth-order valence-electron chi connectivity index (χ4n) is 2.32. The lowest BCUT2D eigenvalue weighted by atomic mass is 9.92. The molecule has 1 aliphatic carbocycles. The summed E-state index contributed by atoms with van der Waals surface area (Å²) in [5.74, 6) is -1.24. The van der Waals surface area contributed by atoms with Crippen LogP contribution >= 0.6 is 0 Å². The van der Waals surface area contributed by atoms with E-state index in [4.69, 9.17) is 5.11 Å². The maximum Gasteiger partial charge on any atom is 0.315 e. The number of carboxylic acid groups (broad SMARTS) is 1. The highest BCUT2D eigenvalue weighted by Gasteiger charge is 2.31. The molecule has 0 radical (unpaired) electrons. The van der Waals surface area contributed by atoms with Crippen LogP contribution in [0.3, 0.4) is 0 Å². The van der Waals surface area contributed by atoms with Crippen molar-refractivity contribution < 1.29 is 14.7 Å². The number of urea groups is 1. The molecule has 2 unspecified atom stereocenters. The Morgan fingerprint density at radius 2 is 2.11 bits per heavy atom. The van der Waals surface area contributed by atoms with Crippen LogP contribution < -0.4 is 10.6 Å². The molecule has 0 spiro atoms. The summed E-state index contributed by atoms with van der Waals surface area (Å²) in [5.41, 5.74) is 0.315. The number of hydrogen-bond acceptors (Lipinski definition) is 2. The number of carbonyl (C=O) groups excluding carboxylic acids is 1. The molecular weight excluding hydrogens is 232 g/mol. The largest absolute Gasteiger partial charge is 0.481 e. The van der Waals surface area contributed by atoms with Gasteiger partial charge in [0.25, 0.3) is 0 Å². The summed E-state index contributed by atoms with van der Waals surface area (Å²) in [5, 5.41) is 14.4. The number of amides is 2. The van der Waals surface area contributed by atoms with E-state index in [2.05, 4.69) is 24.5 Å². The lowest BCUT2D eigenvalue weighted by Crippen LogP contribution is -2.42. The van der Waals surface area contributed by atoms with Crippen molar-refractivity contribution in [1.29, 1.82) is 0 Å². The summed E-state index contributed by atoms with van der Waals surface area (Å²) in [6.07, 6.45) is 3.62. The molecule has 18 heavy (non-hydrogen) atoms. The molecule has 1 fully saturated rings. The van der Waals surface area contributed by atoms with Crippen LogP contribution in [0.4, 0.5) is 4.79 Å². The lowest BCUT2D eigenvalue weighted by molar-refractivity contribution is -0.141. The van der Waals surface area contributed by atoms with Crippen molar-refractivity contribution in [2.24, 2.45) is 11.3 Å². The summed E-state index contributed by atoms with van der Waals surface area (Å²) in [6, 6.07) is 0.0622. The van der Waals surface area contributed by atoms with E-state index >= 15 is 0 Å². The lowest BCUT2D eigenvalue weighted by Gasteiger charge is -2.18. The highest BCUT2D eigenvalue weighted by molar-refractivity contribution is 5.74. The van der Waals surface area contributed by atoms with Gasteiger partial charge in [0.2, 0.25) is 0 Å². The van der Waals surface area contributed by atoms with E-state index in [1.165, 1.54) is 0 Å². The van der Waals surface area contributed by atoms with Gasteiger partial charge in [0.05, 0.1) is 5.92 Å². The molecule has 5 nitrogen and oxygen atoms in total. The highest BCUT2D eigenvalue weighted by atomic mass is 16.4. The number of hydrogen-bond donors (Lipinski definition) is 3. The second-order valence-corrected chi connectivity index (χ2v) is 6.03. The van der Waals surface area contributed by atoms with Gasteiger partial charge in [0, 0.05) is 12.6 Å². The first-order valence-corrected chi connectivity index (χ1v) is 6.57. The van der Waals surface area contributed by atoms with Gasteiger partial charge < -0.3 is 15.7 Å². The fraction of sp³-hybridized carbons (Fsp3) is 0.846. The Balaban J connectivity index is 2.17. The average molecular weight is 256 g/mol. The van der Waals surface area contributed by atoms with Crippen LogP contribution in [0.2, 0.25) is 0 Å². The van der Waals surface area contributed by atoms with Crippen LogP contribution in [0, 0.1) is 11.3 Å². The zero-order valence-corrected chi connectivity index (χ0v) is 11.5. The number of aliphatic carboxylic acids is 1. The second-order valence-electron chi connectivity index (χ2n) is 6.03. The minimum Gasteiger partial charge on any atom is -0.481 e. The molecule has 0 aromatic rings. The van der Waals surface area contributed by atoms with Crippen molar-refractivity contribution in [3.05, 3.63) is 0 Å². The zero-order chi connectivity index (χ0) is 13.8. The van der Waals surface area contributed by atoms with Crippen LogP contribution in [0.15, 0.2) is 0 Å². The molecule has 2 atom stereocenters. The van der Waals surface area contributed by atoms with Gasteiger partial charge in [0.15, 0.2) is 0 Å². The van der Waals surface area contributed by atoms with E-state index in [0.29, 0.717) is 18.4 Å². The van der Waals surface area contributed by atoms with Crippen molar-refractivity contribution in [1.82, 2.24) is 10.6 Å². The minimum atomic E-state index is -0.824. The number of nitrogens with one attached hydrogen (secondary N) is 2. The number of carboxylic acids is 1. The molecule has 0 aromatic heterocycles. The Labute approximate surface area is 108 Å². The van der Waals surface area contributed by atoms with E-state index in [1.54, 1.807) is 6.92 Å². The van der Waals surface area contributed by atoms with Gasteiger partial charge in [-0.1, -0.05) is 20.8 Å². The maximum absolute atomic E-state index is 11.6. The van der Waals surface area contributed by atoms with Crippen LogP contribution in [-0.4, -0.2) is 29.7 Å². The zero-order valence-electron chi connectivity index (χ0n) is 11.5. The van der Waals surface area contributed by atoms with E-state index in [0.717, 1.165) is 19.3 Å². The van der Waals surface area contributed by atoms with Gasteiger partial charge in [-0.05, 0) is 31.1 Å². The molecular formula is C13H24N2O3. The van der Waals surface area contributed by atoms with Gasteiger partial charge in [-0.3, -0.25) is 4.79 Å². The van der Waals surface area contributed by atoms with Crippen LogP contribution in [0.5, 0.6) is 0 Å². The van der Waals surface area contributed by atoms with Crippen molar-refractivity contribution in [3.63, 3.8) is 0 Å². The maximum atomic E-state index is 11.6. The number of rotatable bonds is 5. The SMILES string of the molecule is CC(CCNC(=O)NC1CCC(C)(C)C1)C(=O)O. The monoisotopic (exact) mass is 256 g/mol. The third kappa shape index (κ3) is 4.94. The normalized spacial score (nSPS) is 23.4. The molecule has 0 heterocycles. The molecule has 2 amide bonds. The molecule has 3 N–H and O–H groups in total. The van der Waals surface area contributed by atoms with Gasteiger partial charge in [-0.25, -0.2) is 4.79 Å². The summed E-state index contributed by atoms with van der Waals surface area (Å²) in [4.78, 5) is 22.2. The summed E-state index contributed by atoms with van der Waals surface area (Å²) >= 11 is 0. The molecule has 0 aliphatic heterocycles. The van der Waals surface area contributed by atoms with Crippen LogP contribution in [0.25, 0.3) is 0 Å². The van der Waals surface area contributed by atoms with Crippen LogP contribution in [0.1, 0.15) is 46.5 Å². The molecule has 1 aliphatic rings. The summed E-state index contributed by atoms with van der Waals surface area (Å²) in [7, 11) is 0. The highest BCUT2D eigenvalue weighted by Crippen LogP contribution is 2.36. The van der Waals surface area contributed by atoms with Crippen molar-refractivity contribution in [3.8, 4) is 0 Å². The molecule has 1 saturated carbocycles. The van der Waals surface area contributed by atoms with Gasteiger partial charge >= 0.3 is 12.0 Å². The van der Waals surface area contributed by atoms with Crippen LogP contribution in [-0.2, 0) is 4.79 Å². The Morgan fingerprint density at radius 3 is 2.61 bits per heavy atom. The number of carbonyl (C=O) groups is 2. The third-order valence-electron chi connectivity index (χ3n) is 3.59. The smallest absolute Gasteiger partial charge is 0.315 e. The van der Waals surface area contributed by atoms with Crippen molar-refractivity contribution in [2.75, 3.05) is 6.54 Å². The summed E-state index contributed by atoms with van der Waals surface area (Å²) in [6.45, 7) is 6.46. The topological polar surface area (TPSA) is 78.4 Å². The van der Waals surface area contributed by atoms with E-state index in [9.17, 15) is 9.59 Å². The molecule has 1 rings (SSSR count). The predicted octanol–water partition coefficient (Wildman–Crippen LogP) is 1.98. The predicted molar refractivity (Wildman–Crippen MR) is 69.4 cm³/mol. The van der Waals surface area contributed by atoms with Crippen molar-refractivity contribution >= 4 is 12.0 Å². The van der Waals surface area contributed by atoms with Gasteiger partial charge in [-0.2, -0.15) is 0 Å². The molecule has 104 valence electrons. The third-order valence-corrected chi connectivity index (χ3v) is 3.59. The summed E-state index contributed by atoms with van der Waals surface area (Å²) < 4.78 is 0. The second kappa shape index (κ2) is 6.07.